The molecule has 10 nitrogen and oxygen atoms in total. The number of hydrogen-bond donors (Lipinski definition) is 0. The first kappa shape index (κ1) is 23.3. The molecule has 178 valence electrons. The Kier molecular flexibility index (Phi) is 6.58. The van der Waals surface area contributed by atoms with E-state index >= 15 is 0 Å². The second-order valence-electron chi connectivity index (χ2n) is 8.46. The average Bonchev–Trinajstić information content (AvgIpc) is 2.85. The SMILES string of the molecule is CCOC(=O)C1CCCN(C(=O)Cn2c(=O)c3cnc(-c4ccc(C)cc4)nc3n(C)c2=O)C1. The van der Waals surface area contributed by atoms with Gasteiger partial charge >= 0.3 is 11.7 Å². The van der Waals surface area contributed by atoms with Crippen LogP contribution in [0.4, 0.5) is 0 Å². The van der Waals surface area contributed by atoms with E-state index in [2.05, 4.69) is 9.97 Å². The van der Waals surface area contributed by atoms with Gasteiger partial charge in [-0.1, -0.05) is 29.8 Å². The Morgan fingerprint density at radius 3 is 2.62 bits per heavy atom. The zero-order valence-electron chi connectivity index (χ0n) is 19.5. The number of fused-ring (bicyclic) bond motifs is 1. The van der Waals surface area contributed by atoms with Gasteiger partial charge in [0, 0.05) is 31.9 Å². The summed E-state index contributed by atoms with van der Waals surface area (Å²) in [6.07, 6.45) is 2.67. The largest absolute Gasteiger partial charge is 0.466 e. The van der Waals surface area contributed by atoms with Crippen LogP contribution in [-0.2, 0) is 27.9 Å². The smallest absolute Gasteiger partial charge is 0.332 e. The van der Waals surface area contributed by atoms with Gasteiger partial charge < -0.3 is 9.64 Å². The minimum Gasteiger partial charge on any atom is -0.466 e. The minimum absolute atomic E-state index is 0.147. The van der Waals surface area contributed by atoms with Crippen molar-refractivity contribution in [2.24, 2.45) is 13.0 Å². The van der Waals surface area contributed by atoms with Gasteiger partial charge in [-0.05, 0) is 26.7 Å². The average molecular weight is 466 g/mol. The summed E-state index contributed by atoms with van der Waals surface area (Å²) >= 11 is 0. The Morgan fingerprint density at radius 2 is 1.91 bits per heavy atom. The summed E-state index contributed by atoms with van der Waals surface area (Å²) in [5.74, 6) is -0.735. The fourth-order valence-electron chi connectivity index (χ4n) is 4.16. The Bertz CT molecular complexity index is 1360. The van der Waals surface area contributed by atoms with Crippen molar-refractivity contribution in [3.8, 4) is 11.4 Å². The number of piperidine rings is 1. The molecular weight excluding hydrogens is 438 g/mol. The molecule has 1 aromatic carbocycles. The summed E-state index contributed by atoms with van der Waals surface area (Å²) in [5, 5.41) is 0.147. The Hall–Kier alpha value is -3.82. The molecule has 0 saturated carbocycles. The number of nitrogens with zero attached hydrogens (tertiary/aromatic N) is 5. The van der Waals surface area contributed by atoms with Crippen molar-refractivity contribution in [2.75, 3.05) is 19.7 Å². The highest BCUT2D eigenvalue weighted by Gasteiger charge is 2.30. The zero-order chi connectivity index (χ0) is 24.4. The highest BCUT2D eigenvalue weighted by Crippen LogP contribution is 2.19. The molecular formula is C24H27N5O5. The highest BCUT2D eigenvalue weighted by molar-refractivity contribution is 5.79. The first-order chi connectivity index (χ1) is 16.3. The van der Waals surface area contributed by atoms with Gasteiger partial charge in [-0.3, -0.25) is 23.5 Å². The number of esters is 1. The predicted molar refractivity (Wildman–Crippen MR) is 125 cm³/mol. The quantitative estimate of drug-likeness (QED) is 0.521. The van der Waals surface area contributed by atoms with E-state index in [1.807, 2.05) is 31.2 Å². The number of rotatable bonds is 5. The van der Waals surface area contributed by atoms with Crippen LogP contribution in [0.15, 0.2) is 40.1 Å². The van der Waals surface area contributed by atoms with Crippen LogP contribution in [-0.4, -0.2) is 55.6 Å². The Labute approximate surface area is 195 Å². The van der Waals surface area contributed by atoms with E-state index < -0.39 is 29.6 Å². The Morgan fingerprint density at radius 1 is 1.18 bits per heavy atom. The van der Waals surface area contributed by atoms with Crippen molar-refractivity contribution in [3.05, 3.63) is 56.9 Å². The summed E-state index contributed by atoms with van der Waals surface area (Å²) in [7, 11) is 1.51. The molecule has 4 rings (SSSR count). The van der Waals surface area contributed by atoms with Gasteiger partial charge in [0.05, 0.1) is 12.5 Å². The van der Waals surface area contributed by atoms with Gasteiger partial charge in [-0.25, -0.2) is 14.8 Å². The number of ether oxygens (including phenoxy) is 1. The topological polar surface area (TPSA) is 116 Å². The summed E-state index contributed by atoms with van der Waals surface area (Å²) in [5.41, 5.74) is 0.788. The first-order valence-corrected chi connectivity index (χ1v) is 11.3. The molecule has 1 aliphatic rings. The lowest BCUT2D eigenvalue weighted by atomic mass is 9.98. The van der Waals surface area contributed by atoms with Gasteiger partial charge in [-0.2, -0.15) is 0 Å². The third-order valence-corrected chi connectivity index (χ3v) is 6.08. The van der Waals surface area contributed by atoms with Crippen LogP contribution < -0.4 is 11.2 Å². The number of aromatic nitrogens is 4. The molecule has 1 unspecified atom stereocenters. The van der Waals surface area contributed by atoms with Crippen LogP contribution in [0.25, 0.3) is 22.4 Å². The second-order valence-corrected chi connectivity index (χ2v) is 8.46. The summed E-state index contributed by atoms with van der Waals surface area (Å²) in [4.78, 5) is 61.4. The number of benzene rings is 1. The van der Waals surface area contributed by atoms with E-state index in [0.29, 0.717) is 25.2 Å². The van der Waals surface area contributed by atoms with E-state index in [1.165, 1.54) is 22.7 Å². The third-order valence-electron chi connectivity index (χ3n) is 6.08. The van der Waals surface area contributed by atoms with Crippen LogP contribution in [0.3, 0.4) is 0 Å². The van der Waals surface area contributed by atoms with E-state index in [9.17, 15) is 19.2 Å². The van der Waals surface area contributed by atoms with E-state index in [1.54, 1.807) is 6.92 Å². The van der Waals surface area contributed by atoms with E-state index in [4.69, 9.17) is 4.74 Å². The van der Waals surface area contributed by atoms with Crippen LogP contribution in [0.2, 0.25) is 0 Å². The molecule has 0 aliphatic carbocycles. The Balaban J connectivity index is 1.63. The predicted octanol–water partition coefficient (Wildman–Crippen LogP) is 1.27. The molecule has 0 spiro atoms. The number of carbonyl (C=O) groups is 2. The van der Waals surface area contributed by atoms with Gasteiger partial charge in [0.1, 0.15) is 11.9 Å². The van der Waals surface area contributed by atoms with Crippen molar-refractivity contribution < 1.29 is 14.3 Å². The highest BCUT2D eigenvalue weighted by atomic mass is 16.5. The van der Waals surface area contributed by atoms with Gasteiger partial charge in [0.25, 0.3) is 5.56 Å². The van der Waals surface area contributed by atoms with Crippen LogP contribution in [0.1, 0.15) is 25.3 Å². The number of amides is 1. The molecule has 3 aromatic rings. The molecule has 0 radical (unpaired) electrons. The fraction of sp³-hybridized carbons (Fsp3) is 0.417. The van der Waals surface area contributed by atoms with Crippen molar-refractivity contribution in [3.63, 3.8) is 0 Å². The summed E-state index contributed by atoms with van der Waals surface area (Å²) in [6.45, 7) is 4.23. The monoisotopic (exact) mass is 465 g/mol. The second kappa shape index (κ2) is 9.58. The number of aryl methyl sites for hydroxylation is 2. The lowest BCUT2D eigenvalue weighted by molar-refractivity contribution is -0.151. The minimum atomic E-state index is -0.640. The number of likely N-dealkylation sites (tertiary alicyclic amines) is 1. The molecule has 0 N–H and O–H groups in total. The van der Waals surface area contributed by atoms with Crippen molar-refractivity contribution in [2.45, 2.75) is 33.2 Å². The zero-order valence-corrected chi connectivity index (χ0v) is 19.5. The lowest BCUT2D eigenvalue weighted by Crippen LogP contribution is -2.48. The summed E-state index contributed by atoms with van der Waals surface area (Å²) < 4.78 is 7.23. The molecule has 2 aromatic heterocycles. The maximum atomic E-state index is 13.1. The fourth-order valence-corrected chi connectivity index (χ4v) is 4.16. The van der Waals surface area contributed by atoms with Crippen molar-refractivity contribution in [1.82, 2.24) is 24.0 Å². The molecule has 34 heavy (non-hydrogen) atoms. The summed E-state index contributed by atoms with van der Waals surface area (Å²) in [6, 6.07) is 7.60. The van der Waals surface area contributed by atoms with E-state index in [-0.39, 0.29) is 30.2 Å². The van der Waals surface area contributed by atoms with Gasteiger partial charge in [0.2, 0.25) is 5.91 Å². The van der Waals surface area contributed by atoms with E-state index in [0.717, 1.165) is 15.7 Å². The molecule has 1 amide bonds. The molecule has 1 saturated heterocycles. The molecule has 1 aliphatic heterocycles. The van der Waals surface area contributed by atoms with Crippen LogP contribution in [0.5, 0.6) is 0 Å². The first-order valence-electron chi connectivity index (χ1n) is 11.3. The normalized spacial score (nSPS) is 16.0. The van der Waals surface area contributed by atoms with Gasteiger partial charge in [-0.15, -0.1) is 0 Å². The lowest BCUT2D eigenvalue weighted by Gasteiger charge is -2.31. The molecule has 3 heterocycles. The molecule has 10 heteroatoms. The standard InChI is InChI=1S/C24H27N5O5/c1-4-34-23(32)17-6-5-11-28(13-17)19(30)14-29-22(31)18-12-25-20(16-9-7-15(2)8-10-16)26-21(18)27(3)24(29)33/h7-10,12,17H,4-6,11,13-14H2,1-3H3. The number of hydrogen-bond acceptors (Lipinski definition) is 7. The van der Waals surface area contributed by atoms with Crippen molar-refractivity contribution in [1.29, 1.82) is 0 Å². The molecule has 1 fully saturated rings. The molecule has 0 bridgehead atoms. The van der Waals surface area contributed by atoms with Gasteiger partial charge in [0.15, 0.2) is 11.5 Å². The maximum Gasteiger partial charge on any atom is 0.332 e. The van der Waals surface area contributed by atoms with Crippen LogP contribution >= 0.6 is 0 Å². The van der Waals surface area contributed by atoms with Crippen LogP contribution in [0, 0.1) is 12.8 Å². The van der Waals surface area contributed by atoms with Crippen molar-refractivity contribution >= 4 is 22.9 Å². The molecule has 1 atom stereocenters. The number of carbonyl (C=O) groups excluding carboxylic acids is 2. The third kappa shape index (κ3) is 4.48. The maximum absolute atomic E-state index is 13.1.